The molecule has 2 rings (SSSR count). The van der Waals surface area contributed by atoms with Crippen LogP contribution in [0.25, 0.3) is 0 Å². The Hall–Kier alpha value is -3.79. The fraction of sp³-hybridized carbons (Fsp3) is 0.607. The number of aliphatic hydroxyl groups excluding tert-OH is 2. The second kappa shape index (κ2) is 16.7. The molecule has 15 nitrogen and oxygen atoms in total. The highest BCUT2D eigenvalue weighted by Crippen LogP contribution is 2.21. The van der Waals surface area contributed by atoms with Crippen LogP contribution in [0, 0.1) is 0 Å². The molecule has 1 aliphatic rings. The van der Waals surface area contributed by atoms with E-state index in [1.54, 1.807) is 12.1 Å². The molecule has 0 radical (unpaired) electrons. The number of likely N-dealkylation sites (tertiary alicyclic amines) is 1. The Bertz CT molecular complexity index is 1110. The number of hydrogen-bond acceptors (Lipinski definition) is 10. The number of hydrogen-bond donors (Lipinski definition) is 9. The molecule has 15 heteroatoms. The summed E-state index contributed by atoms with van der Waals surface area (Å²) in [5, 5.41) is 46.1. The molecule has 11 N–H and O–H groups in total. The number of phenols is 1. The van der Waals surface area contributed by atoms with Gasteiger partial charge in [0, 0.05) is 6.54 Å². The van der Waals surface area contributed by atoms with Gasteiger partial charge in [0.1, 0.15) is 23.9 Å². The van der Waals surface area contributed by atoms with E-state index < -0.39 is 72.0 Å². The molecule has 1 aromatic rings. The minimum Gasteiger partial charge on any atom is -0.508 e. The largest absolute Gasteiger partial charge is 0.508 e. The van der Waals surface area contributed by atoms with E-state index in [0.29, 0.717) is 31.4 Å². The number of carboxylic acids is 1. The van der Waals surface area contributed by atoms with Gasteiger partial charge in [-0.2, -0.15) is 0 Å². The summed E-state index contributed by atoms with van der Waals surface area (Å²) in [6.45, 7) is 3.03. The number of aliphatic carboxylic acids is 1. The van der Waals surface area contributed by atoms with Crippen molar-refractivity contribution in [2.24, 2.45) is 11.5 Å². The van der Waals surface area contributed by atoms with Gasteiger partial charge in [-0.05, 0) is 76.6 Å². The molecule has 0 spiro atoms. The van der Waals surface area contributed by atoms with E-state index in [-0.39, 0.29) is 31.6 Å². The number of aromatic hydroxyl groups is 1. The zero-order chi connectivity index (χ0) is 32.3. The number of carboxylic acid groups (broad SMARTS) is 1. The molecule has 0 bridgehead atoms. The Morgan fingerprint density at radius 2 is 1.58 bits per heavy atom. The van der Waals surface area contributed by atoms with E-state index in [9.17, 15) is 44.4 Å². The summed E-state index contributed by atoms with van der Waals surface area (Å²) in [7, 11) is 0. The van der Waals surface area contributed by atoms with Crippen LogP contribution < -0.4 is 27.4 Å². The van der Waals surface area contributed by atoms with Crippen LogP contribution in [0.5, 0.6) is 5.75 Å². The number of carbonyl (C=O) groups excluding carboxylic acids is 4. The molecule has 43 heavy (non-hydrogen) atoms. The van der Waals surface area contributed by atoms with Crippen LogP contribution in [-0.4, -0.2) is 110 Å². The number of nitrogens with one attached hydrogen (secondary N) is 3. The fourth-order valence-corrected chi connectivity index (χ4v) is 4.80. The number of benzene rings is 1. The van der Waals surface area contributed by atoms with Gasteiger partial charge in [0.05, 0.1) is 18.2 Å². The third-order valence-electron chi connectivity index (χ3n) is 7.24. The fourth-order valence-electron chi connectivity index (χ4n) is 4.80. The average Bonchev–Trinajstić information content (AvgIpc) is 3.44. The predicted octanol–water partition coefficient (Wildman–Crippen LogP) is -2.32. The van der Waals surface area contributed by atoms with E-state index in [0.717, 1.165) is 0 Å². The van der Waals surface area contributed by atoms with Gasteiger partial charge in [-0.1, -0.05) is 12.1 Å². The van der Waals surface area contributed by atoms with Gasteiger partial charge in [0.15, 0.2) is 6.04 Å². The maximum atomic E-state index is 13.6. The molecule has 0 unspecified atom stereocenters. The van der Waals surface area contributed by atoms with E-state index >= 15 is 0 Å². The number of nitrogens with two attached hydrogens (primary N) is 2. The van der Waals surface area contributed by atoms with Crippen molar-refractivity contribution in [3.63, 3.8) is 0 Å². The normalized spacial score (nSPS) is 18.9. The Morgan fingerprint density at radius 3 is 2.14 bits per heavy atom. The first-order valence-corrected chi connectivity index (χ1v) is 14.3. The minimum absolute atomic E-state index is 0.0493. The lowest BCUT2D eigenvalue weighted by molar-refractivity contribution is -0.147. The van der Waals surface area contributed by atoms with Crippen LogP contribution in [0.15, 0.2) is 24.3 Å². The lowest BCUT2D eigenvalue weighted by atomic mass is 10.0. The summed E-state index contributed by atoms with van der Waals surface area (Å²) >= 11 is 0. The Balaban J connectivity index is 2.16. The summed E-state index contributed by atoms with van der Waals surface area (Å²) in [5.74, 6) is -4.28. The molecular formula is C28H44N6O9. The van der Waals surface area contributed by atoms with Crippen molar-refractivity contribution < 1.29 is 44.4 Å². The van der Waals surface area contributed by atoms with Crippen molar-refractivity contribution in [2.45, 2.75) is 94.8 Å². The smallest absolute Gasteiger partial charge is 0.328 e. The van der Waals surface area contributed by atoms with Gasteiger partial charge in [-0.25, -0.2) is 4.79 Å². The summed E-state index contributed by atoms with van der Waals surface area (Å²) in [4.78, 5) is 65.4. The van der Waals surface area contributed by atoms with Crippen molar-refractivity contribution in [2.75, 3.05) is 13.1 Å². The molecular weight excluding hydrogens is 564 g/mol. The van der Waals surface area contributed by atoms with Crippen LogP contribution in [0.1, 0.15) is 51.5 Å². The summed E-state index contributed by atoms with van der Waals surface area (Å²) in [6.07, 6.45) is -0.801. The van der Waals surface area contributed by atoms with Crippen LogP contribution in [0.2, 0.25) is 0 Å². The van der Waals surface area contributed by atoms with E-state index in [1.165, 1.54) is 30.9 Å². The molecule has 1 saturated heterocycles. The first-order valence-electron chi connectivity index (χ1n) is 14.3. The Kier molecular flexibility index (Phi) is 13.8. The van der Waals surface area contributed by atoms with Crippen LogP contribution in [0.3, 0.4) is 0 Å². The topological polar surface area (TPSA) is 258 Å². The lowest BCUT2D eigenvalue weighted by Crippen LogP contribution is -2.60. The molecule has 1 fully saturated rings. The van der Waals surface area contributed by atoms with Crippen LogP contribution in [-0.2, 0) is 30.4 Å². The first kappa shape index (κ1) is 35.4. The van der Waals surface area contributed by atoms with Crippen LogP contribution >= 0.6 is 0 Å². The molecule has 1 aliphatic heterocycles. The predicted molar refractivity (Wildman–Crippen MR) is 154 cm³/mol. The molecule has 0 saturated carbocycles. The standard InChI is InChI=1S/C28H44N6O9/c1-15(35)22(32-24(38)19(30)14-17-8-10-18(37)11-9-17)26(40)31-20(6-3-4-12-29)27(41)34-13-5-7-21(34)25(39)33-23(16(2)36)28(42)43/h8-11,15-16,19-23,35-37H,3-7,12-14,29-30H2,1-2H3,(H,31,40)(H,32,38)(H,33,39)(H,42,43)/t15-,16-,19+,20+,21+,22+,23+/m1/s1. The maximum absolute atomic E-state index is 13.6. The van der Waals surface area contributed by atoms with Crippen molar-refractivity contribution in [3.8, 4) is 5.75 Å². The van der Waals surface area contributed by atoms with Crippen molar-refractivity contribution in [1.82, 2.24) is 20.9 Å². The van der Waals surface area contributed by atoms with Crippen molar-refractivity contribution in [1.29, 1.82) is 0 Å². The van der Waals surface area contributed by atoms with Gasteiger partial charge in [-0.3, -0.25) is 19.2 Å². The van der Waals surface area contributed by atoms with E-state index in [4.69, 9.17) is 11.5 Å². The van der Waals surface area contributed by atoms with Gasteiger partial charge in [0.2, 0.25) is 23.6 Å². The number of nitrogens with zero attached hydrogens (tertiary/aromatic N) is 1. The molecule has 240 valence electrons. The van der Waals surface area contributed by atoms with Gasteiger partial charge in [0.25, 0.3) is 0 Å². The zero-order valence-corrected chi connectivity index (χ0v) is 24.4. The molecule has 1 aromatic carbocycles. The second-order valence-corrected chi connectivity index (χ2v) is 10.8. The number of unbranched alkanes of at least 4 members (excludes halogenated alkanes) is 1. The molecule has 0 aliphatic carbocycles. The average molecular weight is 609 g/mol. The van der Waals surface area contributed by atoms with Gasteiger partial charge >= 0.3 is 5.97 Å². The van der Waals surface area contributed by atoms with E-state index in [2.05, 4.69) is 16.0 Å². The lowest BCUT2D eigenvalue weighted by Gasteiger charge is -2.31. The highest BCUT2D eigenvalue weighted by molar-refractivity contribution is 5.96. The summed E-state index contributed by atoms with van der Waals surface area (Å²) in [6, 6.07) is -0.186. The summed E-state index contributed by atoms with van der Waals surface area (Å²) in [5.41, 5.74) is 12.3. The van der Waals surface area contributed by atoms with Crippen LogP contribution in [0.4, 0.5) is 0 Å². The molecule has 0 aromatic heterocycles. The number of phenolic OH excluding ortho intramolecular Hbond substituents is 1. The quantitative estimate of drug-likeness (QED) is 0.0900. The van der Waals surface area contributed by atoms with E-state index in [1.807, 2.05) is 0 Å². The highest BCUT2D eigenvalue weighted by atomic mass is 16.4. The third kappa shape index (κ3) is 10.5. The van der Waals surface area contributed by atoms with Crippen molar-refractivity contribution >= 4 is 29.6 Å². The Labute approximate surface area is 250 Å². The van der Waals surface area contributed by atoms with Gasteiger partial charge in [-0.15, -0.1) is 0 Å². The van der Waals surface area contributed by atoms with Crippen molar-refractivity contribution in [3.05, 3.63) is 29.8 Å². The molecule has 4 amide bonds. The Morgan fingerprint density at radius 1 is 0.953 bits per heavy atom. The minimum atomic E-state index is -1.57. The number of rotatable bonds is 16. The number of amides is 4. The number of aliphatic hydroxyl groups is 2. The third-order valence-corrected chi connectivity index (χ3v) is 7.24. The monoisotopic (exact) mass is 608 g/mol. The molecule has 1 heterocycles. The van der Waals surface area contributed by atoms with Gasteiger partial charge < -0.3 is 52.7 Å². The maximum Gasteiger partial charge on any atom is 0.328 e. The zero-order valence-electron chi connectivity index (χ0n) is 24.4. The number of carbonyl (C=O) groups is 5. The highest BCUT2D eigenvalue weighted by Gasteiger charge is 2.40. The first-order chi connectivity index (χ1) is 20.3. The summed E-state index contributed by atoms with van der Waals surface area (Å²) < 4.78 is 0. The SMILES string of the molecule is C[C@@H](O)[C@H](NC(=O)[C@@H]1CCCN1C(=O)[C@H](CCCCN)NC(=O)[C@@H](NC(=O)[C@@H](N)Cc1ccc(O)cc1)[C@@H](C)O)C(=O)O. The molecule has 7 atom stereocenters. The second-order valence-electron chi connectivity index (χ2n) is 10.8.